The van der Waals surface area contributed by atoms with Crippen LogP contribution in [0.15, 0.2) is 18.2 Å². The molecule has 162 valence electrons. The molecule has 0 spiro atoms. The minimum atomic E-state index is -0.281. The van der Waals surface area contributed by atoms with Gasteiger partial charge in [0, 0.05) is 29.3 Å². The highest BCUT2D eigenvalue weighted by atomic mass is 32.1. The van der Waals surface area contributed by atoms with E-state index < -0.39 is 0 Å². The number of carbonyl (C=O) groups excluding carboxylic acids is 1. The van der Waals surface area contributed by atoms with Gasteiger partial charge in [-0.15, -0.1) is 11.3 Å². The first kappa shape index (κ1) is 20.3. The highest BCUT2D eigenvalue weighted by molar-refractivity contribution is 7.11. The third-order valence-corrected chi connectivity index (χ3v) is 7.45. The molecule has 2 aromatic heterocycles. The van der Waals surface area contributed by atoms with Crippen LogP contribution in [0.5, 0.6) is 0 Å². The Bertz CT molecular complexity index is 1100. The average molecular weight is 440 g/mol. The summed E-state index contributed by atoms with van der Waals surface area (Å²) in [6.07, 6.45) is 6.21. The summed E-state index contributed by atoms with van der Waals surface area (Å²) < 4.78 is 13.5. The largest absolute Gasteiger partial charge is 0.349 e. The standard InChI is InChI=1S/C23H26FN5OS/c1-14-17-12-16(24)6-7-18(17)28-23(26-14)29-10-8-15(9-11-29)22(30)25-13-21-27-19-4-2-3-5-20(19)31-21/h6-7,12,15H,2-5,8-11,13H2,1H3,(H,25,30). The van der Waals surface area contributed by atoms with Gasteiger partial charge in [-0.2, -0.15) is 0 Å². The molecule has 3 heterocycles. The van der Waals surface area contributed by atoms with Gasteiger partial charge in [0.2, 0.25) is 11.9 Å². The van der Waals surface area contributed by atoms with Crippen LogP contribution in [0.1, 0.15) is 47.0 Å². The van der Waals surface area contributed by atoms with E-state index in [1.807, 2.05) is 6.92 Å². The molecule has 31 heavy (non-hydrogen) atoms. The van der Waals surface area contributed by atoms with Gasteiger partial charge < -0.3 is 10.2 Å². The predicted octanol–water partition coefficient (Wildman–Crippen LogP) is 3.95. The molecular weight excluding hydrogens is 413 g/mol. The highest BCUT2D eigenvalue weighted by Gasteiger charge is 2.27. The van der Waals surface area contributed by atoms with Crippen molar-refractivity contribution in [1.82, 2.24) is 20.3 Å². The Morgan fingerprint density at radius 1 is 1.19 bits per heavy atom. The number of nitrogens with zero attached hydrogens (tertiary/aromatic N) is 4. The van der Waals surface area contributed by atoms with Gasteiger partial charge in [-0.25, -0.2) is 19.3 Å². The lowest BCUT2D eigenvalue weighted by atomic mass is 9.96. The van der Waals surface area contributed by atoms with E-state index in [0.717, 1.165) is 60.4 Å². The molecule has 1 aromatic carbocycles. The fourth-order valence-electron chi connectivity index (χ4n) is 4.51. The number of amides is 1. The quantitative estimate of drug-likeness (QED) is 0.667. The minimum Gasteiger partial charge on any atom is -0.349 e. The second-order valence-corrected chi connectivity index (χ2v) is 9.60. The Morgan fingerprint density at radius 2 is 2.00 bits per heavy atom. The van der Waals surface area contributed by atoms with Gasteiger partial charge in [-0.05, 0) is 63.6 Å². The Balaban J connectivity index is 1.18. The SMILES string of the molecule is Cc1nc(N2CCC(C(=O)NCc3nc4c(s3)CCCC4)CC2)nc2ccc(F)cc12. The first-order valence-electron chi connectivity index (χ1n) is 11.0. The first-order chi connectivity index (χ1) is 15.1. The number of aryl methyl sites for hydroxylation is 3. The molecule has 1 aliphatic heterocycles. The minimum absolute atomic E-state index is 0.00138. The summed E-state index contributed by atoms with van der Waals surface area (Å²) in [5, 5.41) is 4.85. The Kier molecular flexibility index (Phi) is 5.56. The van der Waals surface area contributed by atoms with Crippen molar-refractivity contribution in [3.63, 3.8) is 0 Å². The summed E-state index contributed by atoms with van der Waals surface area (Å²) in [5.41, 5.74) is 2.75. The summed E-state index contributed by atoms with van der Waals surface area (Å²) in [6.45, 7) is 3.87. The van der Waals surface area contributed by atoms with Crippen LogP contribution >= 0.6 is 11.3 Å². The number of hydrogen-bond acceptors (Lipinski definition) is 6. The molecular formula is C23H26FN5OS. The average Bonchev–Trinajstić information content (AvgIpc) is 3.21. The smallest absolute Gasteiger partial charge is 0.226 e. The van der Waals surface area contributed by atoms with Gasteiger partial charge >= 0.3 is 0 Å². The third-order valence-electron chi connectivity index (χ3n) is 6.29. The van der Waals surface area contributed by atoms with E-state index in [4.69, 9.17) is 4.98 Å². The number of rotatable bonds is 4. The number of nitrogens with one attached hydrogen (secondary N) is 1. The van der Waals surface area contributed by atoms with Crippen LogP contribution in [0, 0.1) is 18.7 Å². The van der Waals surface area contributed by atoms with Crippen molar-refractivity contribution >= 4 is 34.1 Å². The zero-order valence-electron chi connectivity index (χ0n) is 17.7. The summed E-state index contributed by atoms with van der Waals surface area (Å²) in [6, 6.07) is 4.59. The normalized spacial score (nSPS) is 17.0. The van der Waals surface area contributed by atoms with E-state index in [9.17, 15) is 9.18 Å². The maximum Gasteiger partial charge on any atom is 0.226 e. The van der Waals surface area contributed by atoms with Crippen LogP contribution in [0.3, 0.4) is 0 Å². The molecule has 3 aromatic rings. The second-order valence-electron chi connectivity index (χ2n) is 8.43. The molecule has 6 nitrogen and oxygen atoms in total. The molecule has 1 aliphatic carbocycles. The van der Waals surface area contributed by atoms with Crippen LogP contribution < -0.4 is 10.2 Å². The van der Waals surface area contributed by atoms with Crippen molar-refractivity contribution in [2.45, 2.75) is 52.0 Å². The maximum atomic E-state index is 13.5. The van der Waals surface area contributed by atoms with Gasteiger partial charge in [-0.3, -0.25) is 4.79 Å². The Labute approximate surface area is 184 Å². The molecule has 0 unspecified atom stereocenters. The van der Waals surface area contributed by atoms with Crippen LogP contribution in [0.25, 0.3) is 10.9 Å². The van der Waals surface area contributed by atoms with Crippen molar-refractivity contribution in [3.8, 4) is 0 Å². The van der Waals surface area contributed by atoms with E-state index in [2.05, 4.69) is 20.2 Å². The molecule has 5 rings (SSSR count). The van der Waals surface area contributed by atoms with Gasteiger partial charge in [-0.1, -0.05) is 0 Å². The van der Waals surface area contributed by atoms with E-state index in [-0.39, 0.29) is 17.6 Å². The molecule has 1 fully saturated rings. The molecule has 1 N–H and O–H groups in total. The number of piperidine rings is 1. The summed E-state index contributed by atoms with van der Waals surface area (Å²) in [4.78, 5) is 30.1. The number of anilines is 1. The third kappa shape index (κ3) is 4.26. The Hall–Kier alpha value is -2.61. The highest BCUT2D eigenvalue weighted by Crippen LogP contribution is 2.27. The monoisotopic (exact) mass is 439 g/mol. The van der Waals surface area contributed by atoms with Crippen LogP contribution in [-0.4, -0.2) is 33.9 Å². The molecule has 0 atom stereocenters. The number of hydrogen-bond donors (Lipinski definition) is 1. The van der Waals surface area contributed by atoms with Gasteiger partial charge in [0.25, 0.3) is 0 Å². The number of halogens is 1. The molecule has 2 aliphatic rings. The van der Waals surface area contributed by atoms with Crippen molar-refractivity contribution in [2.24, 2.45) is 5.92 Å². The lowest BCUT2D eigenvalue weighted by Gasteiger charge is -2.31. The van der Waals surface area contributed by atoms with Crippen molar-refractivity contribution < 1.29 is 9.18 Å². The summed E-state index contributed by atoms with van der Waals surface area (Å²) in [7, 11) is 0. The topological polar surface area (TPSA) is 71.0 Å². The van der Waals surface area contributed by atoms with E-state index >= 15 is 0 Å². The van der Waals surface area contributed by atoms with E-state index in [0.29, 0.717) is 12.5 Å². The number of fused-ring (bicyclic) bond motifs is 2. The number of thiazole rings is 1. The summed E-state index contributed by atoms with van der Waals surface area (Å²) >= 11 is 1.75. The Morgan fingerprint density at radius 3 is 2.81 bits per heavy atom. The predicted molar refractivity (Wildman–Crippen MR) is 120 cm³/mol. The van der Waals surface area contributed by atoms with Gasteiger partial charge in [0.15, 0.2) is 0 Å². The lowest BCUT2D eigenvalue weighted by Crippen LogP contribution is -2.41. The number of aromatic nitrogens is 3. The molecule has 0 saturated carbocycles. The maximum absolute atomic E-state index is 13.5. The molecule has 1 saturated heterocycles. The lowest BCUT2D eigenvalue weighted by molar-refractivity contribution is -0.125. The number of benzene rings is 1. The second kappa shape index (κ2) is 8.49. The molecule has 8 heteroatoms. The fourth-order valence-corrected chi connectivity index (χ4v) is 5.61. The van der Waals surface area contributed by atoms with Crippen molar-refractivity contribution in [3.05, 3.63) is 45.3 Å². The first-order valence-corrected chi connectivity index (χ1v) is 11.8. The van der Waals surface area contributed by atoms with Gasteiger partial charge in [0.05, 0.1) is 23.4 Å². The van der Waals surface area contributed by atoms with E-state index in [1.54, 1.807) is 17.4 Å². The van der Waals surface area contributed by atoms with Crippen LogP contribution in [0.4, 0.5) is 10.3 Å². The van der Waals surface area contributed by atoms with E-state index in [1.165, 1.54) is 35.5 Å². The number of carbonyl (C=O) groups is 1. The zero-order chi connectivity index (χ0) is 21.4. The van der Waals surface area contributed by atoms with Crippen molar-refractivity contribution in [2.75, 3.05) is 18.0 Å². The molecule has 0 radical (unpaired) electrons. The summed E-state index contributed by atoms with van der Waals surface area (Å²) in [5.74, 6) is 0.487. The van der Waals surface area contributed by atoms with Crippen molar-refractivity contribution in [1.29, 1.82) is 0 Å². The van der Waals surface area contributed by atoms with Crippen LogP contribution in [-0.2, 0) is 24.2 Å². The molecule has 0 bridgehead atoms. The van der Waals surface area contributed by atoms with Crippen LogP contribution in [0.2, 0.25) is 0 Å². The fraction of sp³-hybridized carbons (Fsp3) is 0.478. The molecule has 1 amide bonds. The zero-order valence-corrected chi connectivity index (χ0v) is 18.5. The van der Waals surface area contributed by atoms with Gasteiger partial charge in [0.1, 0.15) is 10.8 Å².